The van der Waals surface area contributed by atoms with E-state index in [9.17, 15) is 14.4 Å². The lowest BCUT2D eigenvalue weighted by molar-refractivity contribution is -0.137. The number of carbonyl (C=O) groups is 3. The zero-order chi connectivity index (χ0) is 25.0. The largest absolute Gasteiger partial charge is 0.496 e. The predicted molar refractivity (Wildman–Crippen MR) is 134 cm³/mol. The Kier molecular flexibility index (Phi) is 7.28. The van der Waals surface area contributed by atoms with Gasteiger partial charge in [-0.25, -0.2) is 0 Å². The Bertz CT molecular complexity index is 1070. The van der Waals surface area contributed by atoms with Crippen LogP contribution in [0.4, 0.5) is 5.69 Å². The van der Waals surface area contributed by atoms with Gasteiger partial charge in [0.15, 0.2) is 0 Å². The molecule has 4 rings (SSSR count). The fourth-order valence-electron chi connectivity index (χ4n) is 4.99. The number of hydrogen-bond acceptors (Lipinski definition) is 5. The van der Waals surface area contributed by atoms with Crippen LogP contribution in [-0.2, 0) is 9.59 Å². The summed E-state index contributed by atoms with van der Waals surface area (Å²) in [6, 6.07) is 17.1. The third-order valence-corrected chi connectivity index (χ3v) is 7.15. The number of nitrogens with zero attached hydrogens (tertiary/aromatic N) is 3. The van der Waals surface area contributed by atoms with Crippen molar-refractivity contribution in [3.05, 3.63) is 60.2 Å². The summed E-state index contributed by atoms with van der Waals surface area (Å²) in [6.07, 6.45) is 1.81. The molecule has 0 bridgehead atoms. The van der Waals surface area contributed by atoms with Crippen LogP contribution in [0.1, 0.15) is 43.5 Å². The summed E-state index contributed by atoms with van der Waals surface area (Å²) < 4.78 is 5.37. The second kappa shape index (κ2) is 10.4. The van der Waals surface area contributed by atoms with E-state index in [4.69, 9.17) is 4.74 Å². The van der Waals surface area contributed by atoms with Crippen LogP contribution < -0.4 is 15.0 Å². The minimum Gasteiger partial charge on any atom is -0.496 e. The Morgan fingerprint density at radius 3 is 2.37 bits per heavy atom. The maximum absolute atomic E-state index is 13.8. The third kappa shape index (κ3) is 4.83. The smallest absolute Gasteiger partial charge is 0.257 e. The number of nitrogens with one attached hydrogen (secondary N) is 1. The van der Waals surface area contributed by atoms with Crippen LogP contribution in [-0.4, -0.2) is 72.5 Å². The van der Waals surface area contributed by atoms with Crippen LogP contribution in [0, 0.1) is 0 Å². The number of likely N-dealkylation sites (tertiary alicyclic amines) is 1. The topological polar surface area (TPSA) is 82.2 Å². The van der Waals surface area contributed by atoms with Gasteiger partial charge in [-0.2, -0.15) is 0 Å². The van der Waals surface area contributed by atoms with Crippen molar-refractivity contribution >= 4 is 23.4 Å². The molecule has 3 amide bonds. The standard InChI is InChI=1S/C27H34N4O4/c1-4-20(2)28-24(32)18-30-19-31(21-10-6-5-7-11-21)27(26(30)34)14-16-29(17-15-27)25(33)22-12-8-9-13-23(22)35-3/h5-13,20H,4,14-19H2,1-3H3,(H,28,32)/t20-/m0/s1. The molecule has 1 N–H and O–H groups in total. The molecule has 8 heteroatoms. The molecule has 35 heavy (non-hydrogen) atoms. The van der Waals surface area contributed by atoms with Crippen molar-refractivity contribution in [3.8, 4) is 5.75 Å². The lowest BCUT2D eigenvalue weighted by Crippen LogP contribution is -2.57. The SMILES string of the molecule is CC[C@H](C)NC(=O)CN1CN(c2ccccc2)C2(CCN(C(=O)c3ccccc3OC)CC2)C1=O. The number of methoxy groups -OCH3 is 1. The lowest BCUT2D eigenvalue weighted by Gasteiger charge is -2.43. The van der Waals surface area contributed by atoms with Gasteiger partial charge in [-0.05, 0) is 50.5 Å². The molecule has 0 radical (unpaired) electrons. The molecule has 2 heterocycles. The zero-order valence-corrected chi connectivity index (χ0v) is 20.7. The van der Waals surface area contributed by atoms with Crippen LogP contribution in [0.2, 0.25) is 0 Å². The molecule has 186 valence electrons. The van der Waals surface area contributed by atoms with Crippen LogP contribution in [0.5, 0.6) is 5.75 Å². The molecule has 2 saturated heterocycles. The van der Waals surface area contributed by atoms with E-state index >= 15 is 0 Å². The molecule has 2 aliphatic rings. The van der Waals surface area contributed by atoms with Gasteiger partial charge in [0.25, 0.3) is 11.8 Å². The number of amides is 3. The number of carbonyl (C=O) groups excluding carboxylic acids is 3. The Hall–Kier alpha value is -3.55. The number of hydrogen-bond donors (Lipinski definition) is 1. The quantitative estimate of drug-likeness (QED) is 0.662. The normalized spacial score (nSPS) is 18.0. The van der Waals surface area contributed by atoms with Gasteiger partial charge < -0.3 is 24.8 Å². The second-order valence-corrected chi connectivity index (χ2v) is 9.31. The molecular formula is C27H34N4O4. The first kappa shape index (κ1) is 24.6. The summed E-state index contributed by atoms with van der Waals surface area (Å²) in [5.41, 5.74) is 0.678. The first-order valence-electron chi connectivity index (χ1n) is 12.2. The van der Waals surface area contributed by atoms with Crippen molar-refractivity contribution in [1.82, 2.24) is 15.1 Å². The van der Waals surface area contributed by atoms with Gasteiger partial charge in [0.1, 0.15) is 17.8 Å². The van der Waals surface area contributed by atoms with Crippen molar-refractivity contribution in [2.45, 2.75) is 44.7 Å². The molecule has 2 aromatic carbocycles. The van der Waals surface area contributed by atoms with Crippen LogP contribution in [0.15, 0.2) is 54.6 Å². The van der Waals surface area contributed by atoms with E-state index in [2.05, 4.69) is 10.2 Å². The zero-order valence-electron chi connectivity index (χ0n) is 20.7. The lowest BCUT2D eigenvalue weighted by atomic mass is 9.85. The van der Waals surface area contributed by atoms with E-state index in [-0.39, 0.29) is 30.3 Å². The highest BCUT2D eigenvalue weighted by molar-refractivity contribution is 5.99. The Morgan fingerprint density at radius 2 is 1.71 bits per heavy atom. The number of rotatable bonds is 7. The molecular weight excluding hydrogens is 444 g/mol. The van der Waals surface area contributed by atoms with Crippen molar-refractivity contribution < 1.29 is 19.1 Å². The molecule has 0 saturated carbocycles. The molecule has 2 aliphatic heterocycles. The Balaban J connectivity index is 1.54. The first-order chi connectivity index (χ1) is 16.9. The number of para-hydroxylation sites is 2. The van der Waals surface area contributed by atoms with E-state index in [1.54, 1.807) is 29.0 Å². The highest BCUT2D eigenvalue weighted by Gasteiger charge is 2.54. The molecule has 2 fully saturated rings. The van der Waals surface area contributed by atoms with E-state index in [0.717, 1.165) is 12.1 Å². The fourth-order valence-corrected chi connectivity index (χ4v) is 4.99. The van der Waals surface area contributed by atoms with Crippen LogP contribution in [0.3, 0.4) is 0 Å². The summed E-state index contributed by atoms with van der Waals surface area (Å²) in [5, 5.41) is 2.96. The minimum absolute atomic E-state index is 0.0259. The van der Waals surface area contributed by atoms with Gasteiger partial charge in [-0.1, -0.05) is 37.3 Å². The molecule has 8 nitrogen and oxygen atoms in total. The Labute approximate surface area is 206 Å². The van der Waals surface area contributed by atoms with E-state index < -0.39 is 5.54 Å². The monoisotopic (exact) mass is 478 g/mol. The fraction of sp³-hybridized carbons (Fsp3) is 0.444. The molecule has 0 aliphatic carbocycles. The average molecular weight is 479 g/mol. The summed E-state index contributed by atoms with van der Waals surface area (Å²) >= 11 is 0. The average Bonchev–Trinajstić information content (AvgIpc) is 3.15. The van der Waals surface area contributed by atoms with Gasteiger partial charge in [-0.15, -0.1) is 0 Å². The number of piperidine rings is 1. The Morgan fingerprint density at radius 1 is 1.06 bits per heavy atom. The van der Waals surface area contributed by atoms with Gasteiger partial charge in [0.2, 0.25) is 5.91 Å². The van der Waals surface area contributed by atoms with E-state index in [1.165, 1.54) is 0 Å². The highest BCUT2D eigenvalue weighted by Crippen LogP contribution is 2.40. The second-order valence-electron chi connectivity index (χ2n) is 9.31. The predicted octanol–water partition coefficient (Wildman–Crippen LogP) is 2.89. The number of anilines is 1. The molecule has 0 unspecified atom stereocenters. The van der Waals surface area contributed by atoms with Crippen molar-refractivity contribution in [1.29, 1.82) is 0 Å². The van der Waals surface area contributed by atoms with Gasteiger partial charge >= 0.3 is 0 Å². The highest BCUT2D eigenvalue weighted by atomic mass is 16.5. The first-order valence-corrected chi connectivity index (χ1v) is 12.2. The summed E-state index contributed by atoms with van der Waals surface area (Å²) in [5.74, 6) is 0.240. The maximum atomic E-state index is 13.8. The van der Waals surface area contributed by atoms with E-state index in [0.29, 0.717) is 43.9 Å². The van der Waals surface area contributed by atoms with Crippen molar-refractivity contribution in [2.24, 2.45) is 0 Å². The molecule has 1 atom stereocenters. The van der Waals surface area contributed by atoms with Gasteiger partial charge in [-0.3, -0.25) is 14.4 Å². The van der Waals surface area contributed by atoms with Gasteiger partial charge in [0.05, 0.1) is 19.3 Å². The van der Waals surface area contributed by atoms with Gasteiger partial charge in [0, 0.05) is 24.8 Å². The van der Waals surface area contributed by atoms with Crippen LogP contribution >= 0.6 is 0 Å². The third-order valence-electron chi connectivity index (χ3n) is 7.15. The van der Waals surface area contributed by atoms with Crippen LogP contribution in [0.25, 0.3) is 0 Å². The molecule has 2 aromatic rings. The van der Waals surface area contributed by atoms with E-state index in [1.807, 2.05) is 56.3 Å². The summed E-state index contributed by atoms with van der Waals surface area (Å²) in [7, 11) is 1.55. The van der Waals surface area contributed by atoms with Crippen molar-refractivity contribution in [3.63, 3.8) is 0 Å². The summed E-state index contributed by atoms with van der Waals surface area (Å²) in [6.45, 7) is 5.22. The minimum atomic E-state index is -0.782. The van der Waals surface area contributed by atoms with Crippen molar-refractivity contribution in [2.75, 3.05) is 38.3 Å². The molecule has 1 spiro atoms. The maximum Gasteiger partial charge on any atom is 0.257 e. The molecule has 0 aromatic heterocycles. The summed E-state index contributed by atoms with van der Waals surface area (Å²) in [4.78, 5) is 45.2. The number of ether oxygens (including phenoxy) is 1. The number of benzene rings is 2.